The smallest absolute Gasteiger partial charge is 0.343 e. The van der Waals surface area contributed by atoms with Gasteiger partial charge in [-0.3, -0.25) is 4.79 Å². The molecule has 1 saturated carbocycles. The molecule has 0 saturated heterocycles. The topological polar surface area (TPSA) is 79.8 Å². The van der Waals surface area contributed by atoms with Crippen LogP contribution in [-0.4, -0.2) is 28.7 Å². The van der Waals surface area contributed by atoms with E-state index >= 15 is 0 Å². The van der Waals surface area contributed by atoms with E-state index < -0.39 is 16.2 Å². The minimum absolute atomic E-state index is 0.120. The van der Waals surface area contributed by atoms with E-state index in [9.17, 15) is 9.59 Å². The van der Waals surface area contributed by atoms with Gasteiger partial charge >= 0.3 is 5.97 Å². The normalized spacial score (nSPS) is 20.6. The van der Waals surface area contributed by atoms with E-state index in [4.69, 9.17) is 27.9 Å². The summed E-state index contributed by atoms with van der Waals surface area (Å²) in [6.07, 6.45) is 0.363. The van der Waals surface area contributed by atoms with Gasteiger partial charge in [-0.05, 0) is 32.4 Å². The van der Waals surface area contributed by atoms with Crippen molar-refractivity contribution in [1.82, 2.24) is 5.32 Å². The lowest BCUT2D eigenvalue weighted by atomic mass is 10.2. The lowest BCUT2D eigenvalue weighted by Crippen LogP contribution is -2.37. The Morgan fingerprint density at radius 2 is 2.08 bits per heavy atom. The van der Waals surface area contributed by atoms with Crippen LogP contribution in [0.2, 0.25) is 0 Å². The van der Waals surface area contributed by atoms with Crippen LogP contribution in [0.25, 0.3) is 0 Å². The van der Waals surface area contributed by atoms with Crippen LogP contribution in [0.4, 0.5) is 11.4 Å². The number of fused-ring (bicyclic) bond motifs is 1. The van der Waals surface area contributed by atoms with Crippen LogP contribution < -0.4 is 10.6 Å². The van der Waals surface area contributed by atoms with E-state index in [0.29, 0.717) is 17.8 Å². The van der Waals surface area contributed by atoms with Crippen molar-refractivity contribution in [2.45, 2.75) is 24.6 Å². The largest absolute Gasteiger partial charge is 0.462 e. The van der Waals surface area contributed by atoms with Gasteiger partial charge in [0.15, 0.2) is 0 Å². The zero-order chi connectivity index (χ0) is 18.2. The van der Waals surface area contributed by atoms with Gasteiger partial charge in [0.05, 0.1) is 23.9 Å². The highest BCUT2D eigenvalue weighted by Crippen LogP contribution is 2.53. The molecule has 2 N–H and O–H groups in total. The van der Waals surface area contributed by atoms with Crippen LogP contribution in [0.1, 0.15) is 20.3 Å². The minimum atomic E-state index is -1.06. The summed E-state index contributed by atoms with van der Waals surface area (Å²) in [6.45, 7) is 3.64. The number of ether oxygens (including phenoxy) is 1. The molecule has 1 amide bonds. The van der Waals surface area contributed by atoms with Gasteiger partial charge in [0.2, 0.25) is 5.91 Å². The second kappa shape index (κ2) is 6.69. The monoisotopic (exact) mass is 381 g/mol. The Labute approximate surface area is 155 Å². The first-order chi connectivity index (χ1) is 11.8. The fourth-order valence-electron chi connectivity index (χ4n) is 2.54. The molecule has 1 fully saturated rings. The van der Waals surface area contributed by atoms with E-state index in [1.165, 1.54) is 0 Å². The number of carbonyl (C=O) groups excluding carboxylic acids is 2. The molecule has 6 nitrogen and oxygen atoms in total. The number of halogens is 2. The van der Waals surface area contributed by atoms with E-state index in [0.717, 1.165) is 5.69 Å². The number of hydrogen-bond acceptors (Lipinski definition) is 5. The molecule has 1 unspecified atom stereocenters. The number of allylic oxidation sites excluding steroid dienone is 1. The summed E-state index contributed by atoms with van der Waals surface area (Å²) in [4.78, 5) is 29.3. The molecule has 1 aliphatic carbocycles. The number of rotatable bonds is 3. The number of benzene rings is 1. The average Bonchev–Trinajstić information content (AvgIpc) is 3.21. The number of para-hydroxylation sites is 2. The number of aliphatic imine (C=N–C) groups is 1. The van der Waals surface area contributed by atoms with E-state index in [2.05, 4.69) is 15.6 Å². The Hall–Kier alpha value is -2.05. The van der Waals surface area contributed by atoms with E-state index in [1.807, 2.05) is 18.2 Å². The third-order valence-electron chi connectivity index (χ3n) is 3.93. The molecule has 0 bridgehead atoms. The maximum absolute atomic E-state index is 12.4. The summed E-state index contributed by atoms with van der Waals surface area (Å²) in [5, 5.41) is 5.82. The Morgan fingerprint density at radius 1 is 1.40 bits per heavy atom. The molecule has 8 heteroatoms. The second-order valence-corrected chi connectivity index (χ2v) is 7.37. The number of nitrogens with zero attached hydrogens (tertiary/aromatic N) is 1. The second-order valence-electron chi connectivity index (χ2n) is 5.83. The Morgan fingerprint density at radius 3 is 2.72 bits per heavy atom. The van der Waals surface area contributed by atoms with Crippen molar-refractivity contribution in [3.63, 3.8) is 0 Å². The highest BCUT2D eigenvalue weighted by Gasteiger charge is 2.56. The standard InChI is InChI=1S/C17H17Cl2N3O3/c1-3-25-16(24)13-9(2)20-11-6-4-5-7-12(11)21-14(13)22-15(23)10-8-17(10,18)19/h4-7,10,20H,3,8H2,1-2H3,(H,21,22,23). The first-order valence-corrected chi connectivity index (χ1v) is 8.61. The zero-order valence-electron chi connectivity index (χ0n) is 13.7. The quantitative estimate of drug-likeness (QED) is 0.621. The van der Waals surface area contributed by atoms with Gasteiger partial charge in [0.25, 0.3) is 0 Å². The molecule has 1 atom stereocenters. The summed E-state index contributed by atoms with van der Waals surface area (Å²) >= 11 is 11.9. The maximum Gasteiger partial charge on any atom is 0.343 e. The molecule has 0 aromatic heterocycles. The fraction of sp³-hybridized carbons (Fsp3) is 0.353. The third-order valence-corrected chi connectivity index (χ3v) is 4.77. The SMILES string of the molecule is CCOC(=O)C1=C(C)Nc2ccccc2N=C1NC(=O)C1CC1(Cl)Cl. The molecule has 3 rings (SSSR count). The molecule has 25 heavy (non-hydrogen) atoms. The molecule has 1 aliphatic heterocycles. The van der Waals surface area contributed by atoms with Crippen molar-refractivity contribution in [3.8, 4) is 0 Å². The van der Waals surface area contributed by atoms with Crippen molar-refractivity contribution in [2.24, 2.45) is 10.9 Å². The molecule has 2 aliphatic rings. The summed E-state index contributed by atoms with van der Waals surface area (Å²) in [7, 11) is 0. The number of amides is 1. The summed E-state index contributed by atoms with van der Waals surface area (Å²) in [5.41, 5.74) is 2.01. The predicted octanol–water partition coefficient (Wildman–Crippen LogP) is 3.29. The fourth-order valence-corrected chi connectivity index (χ4v) is 3.05. The zero-order valence-corrected chi connectivity index (χ0v) is 15.2. The molecule has 0 spiro atoms. The molecular weight excluding hydrogens is 365 g/mol. The van der Waals surface area contributed by atoms with Gasteiger partial charge in [0, 0.05) is 5.70 Å². The van der Waals surface area contributed by atoms with Gasteiger partial charge in [-0.2, -0.15) is 0 Å². The number of nitrogens with one attached hydrogen (secondary N) is 2. The summed E-state index contributed by atoms with van der Waals surface area (Å²) in [6, 6.07) is 7.28. The van der Waals surface area contributed by atoms with Crippen molar-refractivity contribution < 1.29 is 14.3 Å². The highest BCUT2D eigenvalue weighted by molar-refractivity contribution is 6.52. The number of hydrogen-bond donors (Lipinski definition) is 2. The number of amidine groups is 1. The van der Waals surface area contributed by atoms with Gasteiger partial charge in [0.1, 0.15) is 15.7 Å². The Balaban J connectivity index is 1.99. The van der Waals surface area contributed by atoms with Crippen LogP contribution >= 0.6 is 23.2 Å². The third kappa shape index (κ3) is 3.65. The molecule has 0 radical (unpaired) electrons. The van der Waals surface area contributed by atoms with Crippen LogP contribution in [0.5, 0.6) is 0 Å². The van der Waals surface area contributed by atoms with Crippen LogP contribution in [-0.2, 0) is 14.3 Å². The molecular formula is C17H17Cl2N3O3. The van der Waals surface area contributed by atoms with Crippen LogP contribution in [0.3, 0.4) is 0 Å². The van der Waals surface area contributed by atoms with Crippen molar-refractivity contribution in [1.29, 1.82) is 0 Å². The Kier molecular flexibility index (Phi) is 4.75. The first kappa shape index (κ1) is 17.8. The molecule has 1 aromatic rings. The summed E-state index contributed by atoms with van der Waals surface area (Å²) in [5.74, 6) is -1.36. The van der Waals surface area contributed by atoms with Crippen molar-refractivity contribution in [2.75, 3.05) is 11.9 Å². The number of anilines is 1. The molecule has 1 heterocycles. The van der Waals surface area contributed by atoms with Gasteiger partial charge in [-0.25, -0.2) is 9.79 Å². The van der Waals surface area contributed by atoms with Gasteiger partial charge in [-0.15, -0.1) is 23.2 Å². The Bertz CT molecular complexity index is 802. The average molecular weight is 382 g/mol. The van der Waals surface area contributed by atoms with E-state index in [-0.39, 0.29) is 23.9 Å². The maximum atomic E-state index is 12.4. The van der Waals surface area contributed by atoms with Crippen molar-refractivity contribution >= 4 is 52.3 Å². The van der Waals surface area contributed by atoms with Gasteiger partial charge in [-0.1, -0.05) is 12.1 Å². The number of alkyl halides is 2. The lowest BCUT2D eigenvalue weighted by Gasteiger charge is -2.13. The minimum Gasteiger partial charge on any atom is -0.462 e. The van der Waals surface area contributed by atoms with Gasteiger partial charge < -0.3 is 15.4 Å². The van der Waals surface area contributed by atoms with Crippen LogP contribution in [0, 0.1) is 5.92 Å². The number of esters is 1. The van der Waals surface area contributed by atoms with Crippen LogP contribution in [0.15, 0.2) is 40.5 Å². The van der Waals surface area contributed by atoms with Crippen molar-refractivity contribution in [3.05, 3.63) is 35.5 Å². The molecule has 132 valence electrons. The highest BCUT2D eigenvalue weighted by atomic mass is 35.5. The van der Waals surface area contributed by atoms with E-state index in [1.54, 1.807) is 19.9 Å². The number of carbonyl (C=O) groups is 2. The predicted molar refractivity (Wildman–Crippen MR) is 97.2 cm³/mol. The lowest BCUT2D eigenvalue weighted by molar-refractivity contribution is -0.137. The first-order valence-electron chi connectivity index (χ1n) is 7.85. The molecule has 1 aromatic carbocycles. The summed E-state index contributed by atoms with van der Waals surface area (Å²) < 4.78 is 4.05.